The van der Waals surface area contributed by atoms with E-state index in [1.165, 1.54) is 0 Å². The molecule has 1 aromatic carbocycles. The fourth-order valence-corrected chi connectivity index (χ4v) is 2.04. The number of ether oxygens (including phenoxy) is 1. The van der Waals surface area contributed by atoms with Crippen molar-refractivity contribution in [1.82, 2.24) is 10.1 Å². The highest BCUT2D eigenvalue weighted by Gasteiger charge is 2.34. The van der Waals surface area contributed by atoms with Crippen molar-refractivity contribution in [3.63, 3.8) is 0 Å². The summed E-state index contributed by atoms with van der Waals surface area (Å²) in [6.45, 7) is 3.80. The zero-order valence-corrected chi connectivity index (χ0v) is 11.6. The Labute approximate surface area is 116 Å². The van der Waals surface area contributed by atoms with Gasteiger partial charge in [-0.05, 0) is 44.9 Å². The van der Waals surface area contributed by atoms with Crippen molar-refractivity contribution in [1.29, 1.82) is 0 Å². The molecule has 4 nitrogen and oxygen atoms in total. The molecule has 0 saturated heterocycles. The molecule has 0 unspecified atom stereocenters. The summed E-state index contributed by atoms with van der Waals surface area (Å²) in [7, 11) is 0. The van der Waals surface area contributed by atoms with Crippen LogP contribution in [0.5, 0.6) is 5.75 Å². The van der Waals surface area contributed by atoms with E-state index < -0.39 is 5.60 Å². The van der Waals surface area contributed by atoms with Gasteiger partial charge in [-0.15, -0.1) is 0 Å². The van der Waals surface area contributed by atoms with Crippen LogP contribution >= 0.6 is 11.6 Å². The minimum absolute atomic E-state index is 0.472. The maximum absolute atomic E-state index is 5.94. The average molecular weight is 279 g/mol. The number of aromatic nitrogens is 2. The quantitative estimate of drug-likeness (QED) is 0.850. The van der Waals surface area contributed by atoms with Crippen molar-refractivity contribution < 1.29 is 9.26 Å². The summed E-state index contributed by atoms with van der Waals surface area (Å²) in [4.78, 5) is 4.43. The fourth-order valence-electron chi connectivity index (χ4n) is 1.86. The maximum Gasteiger partial charge on any atom is 0.270 e. The molecule has 2 aromatic rings. The third-order valence-electron chi connectivity index (χ3n) is 3.07. The predicted octanol–water partition coefficient (Wildman–Crippen LogP) is 3.91. The Balaban J connectivity index is 1.80. The molecule has 0 aliphatic heterocycles. The van der Waals surface area contributed by atoms with Crippen LogP contribution < -0.4 is 4.74 Å². The molecule has 100 valence electrons. The Kier molecular flexibility index (Phi) is 2.97. The number of benzene rings is 1. The van der Waals surface area contributed by atoms with Crippen LogP contribution in [0.15, 0.2) is 28.8 Å². The average Bonchev–Trinajstić information content (AvgIpc) is 3.06. The largest absolute Gasteiger partial charge is 0.478 e. The SMILES string of the molecule is CC(C)(Oc1cccc(Cl)c1)c1nc(C2CC2)no1. The van der Waals surface area contributed by atoms with Crippen LogP contribution in [0.2, 0.25) is 5.02 Å². The van der Waals surface area contributed by atoms with Gasteiger partial charge in [0.05, 0.1) is 0 Å². The van der Waals surface area contributed by atoms with Gasteiger partial charge < -0.3 is 9.26 Å². The molecule has 1 aliphatic rings. The first kappa shape index (κ1) is 12.5. The molecule has 1 aromatic heterocycles. The van der Waals surface area contributed by atoms with E-state index in [9.17, 15) is 0 Å². The van der Waals surface area contributed by atoms with Gasteiger partial charge in [-0.1, -0.05) is 22.8 Å². The smallest absolute Gasteiger partial charge is 0.270 e. The molecule has 0 radical (unpaired) electrons. The molecule has 0 bridgehead atoms. The lowest BCUT2D eigenvalue weighted by Crippen LogP contribution is -2.25. The lowest BCUT2D eigenvalue weighted by molar-refractivity contribution is 0.0692. The molecule has 19 heavy (non-hydrogen) atoms. The van der Waals surface area contributed by atoms with E-state index >= 15 is 0 Å². The second-order valence-electron chi connectivity index (χ2n) is 5.30. The highest BCUT2D eigenvalue weighted by molar-refractivity contribution is 6.30. The van der Waals surface area contributed by atoms with E-state index in [1.54, 1.807) is 12.1 Å². The van der Waals surface area contributed by atoms with Gasteiger partial charge in [-0.2, -0.15) is 4.98 Å². The van der Waals surface area contributed by atoms with Gasteiger partial charge in [0.1, 0.15) is 5.75 Å². The van der Waals surface area contributed by atoms with Gasteiger partial charge in [0.2, 0.25) is 0 Å². The minimum Gasteiger partial charge on any atom is -0.478 e. The van der Waals surface area contributed by atoms with E-state index in [2.05, 4.69) is 10.1 Å². The van der Waals surface area contributed by atoms with Crippen molar-refractivity contribution in [2.75, 3.05) is 0 Å². The molecule has 5 heteroatoms. The van der Waals surface area contributed by atoms with Crippen LogP contribution in [0, 0.1) is 0 Å². The fraction of sp³-hybridized carbons (Fsp3) is 0.429. The molecule has 0 amide bonds. The lowest BCUT2D eigenvalue weighted by Gasteiger charge is -2.22. The van der Waals surface area contributed by atoms with E-state index in [-0.39, 0.29) is 0 Å². The third-order valence-corrected chi connectivity index (χ3v) is 3.30. The summed E-state index contributed by atoms with van der Waals surface area (Å²) in [6.07, 6.45) is 2.29. The summed E-state index contributed by atoms with van der Waals surface area (Å²) in [5.74, 6) is 2.44. The number of hydrogen-bond donors (Lipinski definition) is 0. The first-order valence-corrected chi connectivity index (χ1v) is 6.71. The Morgan fingerprint density at radius 3 is 2.84 bits per heavy atom. The molecule has 3 rings (SSSR count). The molecule has 1 fully saturated rings. The van der Waals surface area contributed by atoms with Crippen molar-refractivity contribution in [3.8, 4) is 5.75 Å². The first-order chi connectivity index (χ1) is 9.04. The summed E-state index contributed by atoms with van der Waals surface area (Å²) in [6, 6.07) is 7.27. The Morgan fingerprint density at radius 1 is 1.37 bits per heavy atom. The zero-order valence-electron chi connectivity index (χ0n) is 10.9. The Bertz CT molecular complexity index is 591. The van der Waals surface area contributed by atoms with E-state index in [1.807, 2.05) is 26.0 Å². The Hall–Kier alpha value is -1.55. The third kappa shape index (κ3) is 2.73. The molecule has 0 N–H and O–H groups in total. The van der Waals surface area contributed by atoms with E-state index in [4.69, 9.17) is 20.9 Å². The standard InChI is InChI=1S/C14H15ClN2O2/c1-14(2,18-11-5-3-4-10(15)8-11)13-16-12(17-19-13)9-6-7-9/h3-5,8-9H,6-7H2,1-2H3. The molecular formula is C14H15ClN2O2. The normalized spacial score (nSPS) is 15.5. The van der Waals surface area contributed by atoms with Crippen LogP contribution in [0.1, 0.15) is 44.3 Å². The maximum atomic E-state index is 5.94. The van der Waals surface area contributed by atoms with Gasteiger partial charge >= 0.3 is 0 Å². The zero-order chi connectivity index (χ0) is 13.5. The van der Waals surface area contributed by atoms with Crippen molar-refractivity contribution >= 4 is 11.6 Å². The second kappa shape index (κ2) is 4.53. The summed E-state index contributed by atoms with van der Waals surface area (Å²) >= 11 is 5.94. The molecule has 0 atom stereocenters. The number of rotatable bonds is 4. The molecule has 1 heterocycles. The topological polar surface area (TPSA) is 48.2 Å². The molecule has 0 spiro atoms. The van der Waals surface area contributed by atoms with Gasteiger partial charge in [0.15, 0.2) is 11.4 Å². The second-order valence-corrected chi connectivity index (χ2v) is 5.74. The van der Waals surface area contributed by atoms with E-state index in [0.717, 1.165) is 18.7 Å². The summed E-state index contributed by atoms with van der Waals surface area (Å²) < 4.78 is 11.2. The van der Waals surface area contributed by atoms with Gasteiger partial charge in [0, 0.05) is 10.9 Å². The number of hydrogen-bond acceptors (Lipinski definition) is 4. The van der Waals surface area contributed by atoms with Crippen LogP contribution in [-0.4, -0.2) is 10.1 Å². The molecular weight excluding hydrogens is 264 g/mol. The van der Waals surface area contributed by atoms with Crippen molar-refractivity contribution in [3.05, 3.63) is 41.0 Å². The van der Waals surface area contributed by atoms with Crippen molar-refractivity contribution in [2.45, 2.75) is 38.2 Å². The first-order valence-electron chi connectivity index (χ1n) is 6.33. The summed E-state index contributed by atoms with van der Waals surface area (Å²) in [5.41, 5.74) is -0.676. The molecule has 1 aliphatic carbocycles. The van der Waals surface area contributed by atoms with Gasteiger partial charge in [-0.25, -0.2) is 0 Å². The molecule has 1 saturated carbocycles. The highest BCUT2D eigenvalue weighted by Crippen LogP contribution is 2.39. The predicted molar refractivity (Wildman–Crippen MR) is 71.4 cm³/mol. The number of nitrogens with zero attached hydrogens (tertiary/aromatic N) is 2. The van der Waals surface area contributed by atoms with Crippen LogP contribution in [0.3, 0.4) is 0 Å². The highest BCUT2D eigenvalue weighted by atomic mass is 35.5. The van der Waals surface area contributed by atoms with Gasteiger partial charge in [-0.3, -0.25) is 0 Å². The Morgan fingerprint density at radius 2 is 2.16 bits per heavy atom. The minimum atomic E-state index is -0.676. The monoisotopic (exact) mass is 278 g/mol. The lowest BCUT2D eigenvalue weighted by atomic mass is 10.1. The van der Waals surface area contributed by atoms with Crippen LogP contribution in [0.4, 0.5) is 0 Å². The van der Waals surface area contributed by atoms with E-state index in [0.29, 0.717) is 22.6 Å². The summed E-state index contributed by atoms with van der Waals surface area (Å²) in [5, 5.41) is 4.65. The van der Waals surface area contributed by atoms with Crippen molar-refractivity contribution in [2.24, 2.45) is 0 Å². The van der Waals surface area contributed by atoms with Crippen LogP contribution in [0.25, 0.3) is 0 Å². The van der Waals surface area contributed by atoms with Gasteiger partial charge in [0.25, 0.3) is 5.89 Å². The number of halogens is 1. The van der Waals surface area contributed by atoms with Crippen LogP contribution in [-0.2, 0) is 5.60 Å².